The first-order valence-corrected chi connectivity index (χ1v) is 7.72. The van der Waals surface area contributed by atoms with Crippen LogP contribution in [-0.2, 0) is 0 Å². The van der Waals surface area contributed by atoms with Crippen molar-refractivity contribution in [2.45, 2.75) is 46.8 Å². The molecule has 0 aliphatic carbocycles. The number of likely N-dealkylation sites (tertiary alicyclic amines) is 1. The predicted octanol–water partition coefficient (Wildman–Crippen LogP) is 3.10. The van der Waals surface area contributed by atoms with Crippen molar-refractivity contribution >= 4 is 5.91 Å². The van der Waals surface area contributed by atoms with Crippen LogP contribution >= 0.6 is 0 Å². The van der Waals surface area contributed by atoms with Gasteiger partial charge in [0.1, 0.15) is 5.75 Å². The molecule has 1 aliphatic heterocycles. The number of halogens is 2. The number of nitrogens with two attached hydrogens (primary N) is 1. The van der Waals surface area contributed by atoms with Crippen LogP contribution in [0, 0.1) is 19.3 Å². The Hall–Kier alpha value is -1.69. The minimum Gasteiger partial charge on any atom is -0.434 e. The summed E-state index contributed by atoms with van der Waals surface area (Å²) < 4.78 is 29.4. The Kier molecular flexibility index (Phi) is 4.94. The summed E-state index contributed by atoms with van der Waals surface area (Å²) >= 11 is 0. The smallest absolute Gasteiger partial charge is 0.387 e. The lowest BCUT2D eigenvalue weighted by atomic mass is 9.79. The van der Waals surface area contributed by atoms with Crippen molar-refractivity contribution < 1.29 is 18.3 Å². The number of nitrogens with zero attached hydrogens (tertiary/aromatic N) is 1. The van der Waals surface area contributed by atoms with Gasteiger partial charge in [-0.3, -0.25) is 4.79 Å². The van der Waals surface area contributed by atoms with Crippen LogP contribution in [0.15, 0.2) is 12.1 Å². The first-order valence-electron chi connectivity index (χ1n) is 7.72. The second kappa shape index (κ2) is 6.43. The van der Waals surface area contributed by atoms with Crippen LogP contribution < -0.4 is 10.5 Å². The average molecular weight is 326 g/mol. The Morgan fingerprint density at radius 1 is 1.35 bits per heavy atom. The molecule has 1 amide bonds. The van der Waals surface area contributed by atoms with E-state index in [9.17, 15) is 13.6 Å². The molecule has 0 bridgehead atoms. The average Bonchev–Trinajstić information content (AvgIpc) is 2.44. The van der Waals surface area contributed by atoms with Gasteiger partial charge in [-0.25, -0.2) is 0 Å². The number of carbonyl (C=O) groups excluding carboxylic acids is 1. The number of ether oxygens (including phenoxy) is 1. The van der Waals surface area contributed by atoms with Crippen molar-refractivity contribution in [1.82, 2.24) is 4.90 Å². The van der Waals surface area contributed by atoms with Gasteiger partial charge in [0.25, 0.3) is 5.91 Å². The van der Waals surface area contributed by atoms with Crippen LogP contribution in [0.3, 0.4) is 0 Å². The second-order valence-corrected chi connectivity index (χ2v) is 6.93. The van der Waals surface area contributed by atoms with Crippen molar-refractivity contribution in [1.29, 1.82) is 0 Å². The molecule has 128 valence electrons. The molecule has 1 aromatic carbocycles. The molecule has 0 saturated carbocycles. The molecular formula is C17H24F2N2O2. The van der Waals surface area contributed by atoms with Crippen LogP contribution in [0.2, 0.25) is 0 Å². The van der Waals surface area contributed by atoms with E-state index in [-0.39, 0.29) is 23.1 Å². The predicted molar refractivity (Wildman–Crippen MR) is 84.8 cm³/mol. The van der Waals surface area contributed by atoms with Gasteiger partial charge >= 0.3 is 6.61 Å². The summed E-state index contributed by atoms with van der Waals surface area (Å²) in [7, 11) is 0. The molecule has 1 saturated heterocycles. The lowest BCUT2D eigenvalue weighted by Gasteiger charge is -2.42. The van der Waals surface area contributed by atoms with Crippen molar-refractivity contribution in [2.24, 2.45) is 11.1 Å². The van der Waals surface area contributed by atoms with Crippen molar-refractivity contribution in [3.05, 3.63) is 28.8 Å². The van der Waals surface area contributed by atoms with Gasteiger partial charge in [-0.1, -0.05) is 13.8 Å². The van der Waals surface area contributed by atoms with Crippen LogP contribution in [0.25, 0.3) is 0 Å². The lowest BCUT2D eigenvalue weighted by molar-refractivity contribution is -0.0507. The largest absolute Gasteiger partial charge is 0.434 e. The van der Waals surface area contributed by atoms with Crippen LogP contribution in [0.4, 0.5) is 8.78 Å². The summed E-state index contributed by atoms with van der Waals surface area (Å²) in [6.45, 7) is 5.74. The highest BCUT2D eigenvalue weighted by Gasteiger charge is 2.35. The molecule has 1 aliphatic rings. The quantitative estimate of drug-likeness (QED) is 0.928. The Bertz CT molecular complexity index is 579. The monoisotopic (exact) mass is 326 g/mol. The van der Waals surface area contributed by atoms with Gasteiger partial charge in [0.2, 0.25) is 0 Å². The summed E-state index contributed by atoms with van der Waals surface area (Å²) in [5, 5.41) is 0. The molecule has 4 nitrogen and oxygen atoms in total. The Balaban J connectivity index is 2.23. The van der Waals surface area contributed by atoms with Gasteiger partial charge in [-0.2, -0.15) is 8.78 Å². The highest BCUT2D eigenvalue weighted by Crippen LogP contribution is 2.30. The molecule has 1 unspecified atom stereocenters. The van der Waals surface area contributed by atoms with E-state index in [2.05, 4.69) is 4.74 Å². The van der Waals surface area contributed by atoms with E-state index >= 15 is 0 Å². The molecule has 23 heavy (non-hydrogen) atoms. The van der Waals surface area contributed by atoms with Gasteiger partial charge in [-0.15, -0.1) is 0 Å². The van der Waals surface area contributed by atoms with Crippen molar-refractivity contribution in [3.8, 4) is 5.75 Å². The number of carbonyl (C=O) groups is 1. The van der Waals surface area contributed by atoms with Gasteiger partial charge in [0, 0.05) is 24.7 Å². The Labute approximate surface area is 135 Å². The summed E-state index contributed by atoms with van der Waals surface area (Å²) in [4.78, 5) is 14.5. The standard InChI is InChI=1S/C17H24F2N2O2/c1-10-7-12(8-11(2)14(10)23-16(18)19)15(22)21-6-5-13(20)17(3,4)9-21/h7-8,13,16H,5-6,9,20H2,1-4H3. The Morgan fingerprint density at radius 2 is 1.91 bits per heavy atom. The SMILES string of the molecule is Cc1cc(C(=O)N2CCC(N)C(C)(C)C2)cc(C)c1OC(F)F. The van der Waals surface area contributed by atoms with Crippen LogP contribution in [0.5, 0.6) is 5.75 Å². The number of aryl methyl sites for hydroxylation is 2. The number of hydrogen-bond donors (Lipinski definition) is 1. The number of rotatable bonds is 3. The number of benzene rings is 1. The van der Waals surface area contributed by atoms with E-state index in [0.29, 0.717) is 29.8 Å². The van der Waals surface area contributed by atoms with Gasteiger partial charge < -0.3 is 15.4 Å². The number of alkyl halides is 2. The maximum Gasteiger partial charge on any atom is 0.387 e. The minimum absolute atomic E-state index is 0.0665. The molecule has 6 heteroatoms. The zero-order chi connectivity index (χ0) is 17.4. The zero-order valence-electron chi connectivity index (χ0n) is 14.0. The first kappa shape index (κ1) is 17.7. The highest BCUT2D eigenvalue weighted by atomic mass is 19.3. The molecular weight excluding hydrogens is 302 g/mol. The molecule has 1 aromatic rings. The molecule has 0 aromatic heterocycles. The fourth-order valence-electron chi connectivity index (χ4n) is 3.08. The Morgan fingerprint density at radius 3 is 2.39 bits per heavy atom. The van der Waals surface area contributed by atoms with E-state index < -0.39 is 6.61 Å². The fourth-order valence-corrected chi connectivity index (χ4v) is 3.08. The fraction of sp³-hybridized carbons (Fsp3) is 0.588. The third-order valence-electron chi connectivity index (χ3n) is 4.51. The number of hydrogen-bond acceptors (Lipinski definition) is 3. The molecule has 0 radical (unpaired) electrons. The van der Waals surface area contributed by atoms with E-state index in [1.54, 1.807) is 30.9 Å². The normalized spacial score (nSPS) is 20.7. The third kappa shape index (κ3) is 3.80. The van der Waals surface area contributed by atoms with Gasteiger partial charge in [-0.05, 0) is 48.9 Å². The summed E-state index contributed by atoms with van der Waals surface area (Å²) in [6, 6.07) is 3.28. The number of piperidine rings is 1. The molecule has 2 N–H and O–H groups in total. The maximum atomic E-state index is 12.7. The molecule has 1 heterocycles. The molecule has 2 rings (SSSR count). The number of amides is 1. The van der Waals surface area contributed by atoms with Gasteiger partial charge in [0.05, 0.1) is 0 Å². The van der Waals surface area contributed by atoms with Crippen molar-refractivity contribution in [3.63, 3.8) is 0 Å². The highest BCUT2D eigenvalue weighted by molar-refractivity contribution is 5.95. The first-order chi connectivity index (χ1) is 10.6. The molecule has 1 fully saturated rings. The molecule has 1 atom stereocenters. The van der Waals surface area contributed by atoms with Crippen LogP contribution in [-0.4, -0.2) is 36.5 Å². The zero-order valence-corrected chi connectivity index (χ0v) is 14.0. The van der Waals surface area contributed by atoms with E-state index in [1.807, 2.05) is 13.8 Å². The van der Waals surface area contributed by atoms with E-state index in [1.165, 1.54) is 0 Å². The summed E-state index contributed by atoms with van der Waals surface area (Å²) in [5.74, 6) is 0.0392. The van der Waals surface area contributed by atoms with Crippen molar-refractivity contribution in [2.75, 3.05) is 13.1 Å². The third-order valence-corrected chi connectivity index (χ3v) is 4.51. The van der Waals surface area contributed by atoms with Gasteiger partial charge in [0.15, 0.2) is 0 Å². The second-order valence-electron chi connectivity index (χ2n) is 6.93. The summed E-state index contributed by atoms with van der Waals surface area (Å²) in [6.07, 6.45) is 0.753. The maximum absolute atomic E-state index is 12.7. The minimum atomic E-state index is -2.88. The van der Waals surface area contributed by atoms with Crippen LogP contribution in [0.1, 0.15) is 41.8 Å². The molecule has 0 spiro atoms. The topological polar surface area (TPSA) is 55.6 Å². The van der Waals surface area contributed by atoms with E-state index in [0.717, 1.165) is 6.42 Å². The summed E-state index contributed by atoms with van der Waals surface area (Å²) in [5.41, 5.74) is 7.51. The lowest BCUT2D eigenvalue weighted by Crippen LogP contribution is -2.54. The van der Waals surface area contributed by atoms with E-state index in [4.69, 9.17) is 5.73 Å².